The van der Waals surface area contributed by atoms with Gasteiger partial charge in [-0.2, -0.15) is 4.31 Å². The molecule has 0 saturated carbocycles. The van der Waals surface area contributed by atoms with Crippen molar-refractivity contribution in [2.75, 3.05) is 50.0 Å². The number of nitrogen functional groups attached to an aromatic ring is 1. The Morgan fingerprint density at radius 1 is 1.24 bits per heavy atom. The standard InChI is InChI=1S/C14H23N3O3S/c1-3-16(4-2)13-6-5-12(15)11-14(13)21(18,19)17-7-9-20-10-8-17/h5-6,11H,3-4,7-10,15H2,1-2H3. The average Bonchev–Trinajstić information content (AvgIpc) is 2.50. The van der Waals surface area contributed by atoms with Crippen molar-refractivity contribution in [3.05, 3.63) is 18.2 Å². The van der Waals surface area contributed by atoms with E-state index >= 15 is 0 Å². The molecule has 0 unspecified atom stereocenters. The predicted molar refractivity (Wildman–Crippen MR) is 84.0 cm³/mol. The lowest BCUT2D eigenvalue weighted by Gasteiger charge is -2.29. The summed E-state index contributed by atoms with van der Waals surface area (Å²) in [7, 11) is -3.55. The summed E-state index contributed by atoms with van der Waals surface area (Å²) in [6, 6.07) is 5.08. The lowest BCUT2D eigenvalue weighted by Crippen LogP contribution is -2.41. The molecule has 2 rings (SSSR count). The van der Waals surface area contributed by atoms with Gasteiger partial charge in [-0.1, -0.05) is 0 Å². The molecule has 0 amide bonds. The van der Waals surface area contributed by atoms with Gasteiger partial charge >= 0.3 is 0 Å². The summed E-state index contributed by atoms with van der Waals surface area (Å²) in [4.78, 5) is 2.31. The van der Waals surface area contributed by atoms with E-state index in [1.165, 1.54) is 4.31 Å². The normalized spacial score (nSPS) is 16.9. The molecular weight excluding hydrogens is 290 g/mol. The molecule has 0 radical (unpaired) electrons. The van der Waals surface area contributed by atoms with E-state index in [2.05, 4.69) is 0 Å². The van der Waals surface area contributed by atoms with E-state index in [9.17, 15) is 8.42 Å². The molecule has 7 heteroatoms. The summed E-state index contributed by atoms with van der Waals surface area (Å²) >= 11 is 0. The van der Waals surface area contributed by atoms with Gasteiger partial charge in [-0.3, -0.25) is 0 Å². The molecule has 0 spiro atoms. The minimum atomic E-state index is -3.55. The van der Waals surface area contributed by atoms with Gasteiger partial charge in [0.05, 0.1) is 18.9 Å². The monoisotopic (exact) mass is 313 g/mol. The smallest absolute Gasteiger partial charge is 0.245 e. The largest absolute Gasteiger partial charge is 0.399 e. The van der Waals surface area contributed by atoms with Crippen molar-refractivity contribution in [1.82, 2.24) is 4.31 Å². The predicted octanol–water partition coefficient (Wildman–Crippen LogP) is 1.14. The number of nitrogens with two attached hydrogens (primary N) is 1. The van der Waals surface area contributed by atoms with Gasteiger partial charge in [-0.25, -0.2) is 8.42 Å². The molecule has 1 aromatic carbocycles. The van der Waals surface area contributed by atoms with E-state index < -0.39 is 10.0 Å². The fourth-order valence-corrected chi connectivity index (χ4v) is 4.14. The Morgan fingerprint density at radius 3 is 2.43 bits per heavy atom. The number of morpholine rings is 1. The highest BCUT2D eigenvalue weighted by Crippen LogP contribution is 2.30. The minimum Gasteiger partial charge on any atom is -0.399 e. The van der Waals surface area contributed by atoms with Gasteiger partial charge in [-0.15, -0.1) is 0 Å². The van der Waals surface area contributed by atoms with E-state index in [1.807, 2.05) is 18.7 Å². The molecule has 1 fully saturated rings. The number of ether oxygens (including phenoxy) is 1. The van der Waals surface area contributed by atoms with Crippen LogP contribution in [0.15, 0.2) is 23.1 Å². The van der Waals surface area contributed by atoms with Crippen molar-refractivity contribution in [2.45, 2.75) is 18.7 Å². The van der Waals surface area contributed by atoms with E-state index in [0.717, 1.165) is 13.1 Å². The van der Waals surface area contributed by atoms with Crippen LogP contribution in [0.2, 0.25) is 0 Å². The lowest BCUT2D eigenvalue weighted by molar-refractivity contribution is 0.0730. The highest BCUT2D eigenvalue weighted by molar-refractivity contribution is 7.89. The number of anilines is 2. The number of rotatable bonds is 5. The molecule has 0 aromatic heterocycles. The summed E-state index contributed by atoms with van der Waals surface area (Å²) in [6.45, 7) is 7.13. The number of sulfonamides is 1. The molecule has 0 atom stereocenters. The van der Waals surface area contributed by atoms with Crippen molar-refractivity contribution >= 4 is 21.4 Å². The van der Waals surface area contributed by atoms with Gasteiger partial charge in [-0.05, 0) is 32.0 Å². The van der Waals surface area contributed by atoms with Crippen LogP contribution in [0.3, 0.4) is 0 Å². The summed E-state index contributed by atoms with van der Waals surface area (Å²) in [5.41, 5.74) is 6.98. The van der Waals surface area contributed by atoms with Crippen LogP contribution >= 0.6 is 0 Å². The second-order valence-electron chi connectivity index (χ2n) is 4.92. The Labute approximate surface area is 126 Å². The second-order valence-corrected chi connectivity index (χ2v) is 6.82. The number of nitrogens with zero attached hydrogens (tertiary/aromatic N) is 2. The zero-order valence-corrected chi connectivity index (χ0v) is 13.4. The van der Waals surface area contributed by atoms with E-state index in [0.29, 0.717) is 37.7 Å². The van der Waals surface area contributed by atoms with Crippen LogP contribution in [0, 0.1) is 0 Å². The van der Waals surface area contributed by atoms with Crippen LogP contribution in [0.5, 0.6) is 0 Å². The van der Waals surface area contributed by atoms with Crippen molar-refractivity contribution in [3.8, 4) is 0 Å². The SMILES string of the molecule is CCN(CC)c1ccc(N)cc1S(=O)(=O)N1CCOCC1. The molecule has 21 heavy (non-hydrogen) atoms. The minimum absolute atomic E-state index is 0.285. The Morgan fingerprint density at radius 2 is 1.86 bits per heavy atom. The first-order valence-corrected chi connectivity index (χ1v) is 8.67. The fraction of sp³-hybridized carbons (Fsp3) is 0.571. The molecule has 6 nitrogen and oxygen atoms in total. The maximum absolute atomic E-state index is 12.9. The van der Waals surface area contributed by atoms with Crippen molar-refractivity contribution in [3.63, 3.8) is 0 Å². The molecule has 1 aliphatic heterocycles. The molecule has 2 N–H and O–H groups in total. The Kier molecular flexibility index (Phi) is 5.08. The topological polar surface area (TPSA) is 75.9 Å². The van der Waals surface area contributed by atoms with Gasteiger partial charge in [0.1, 0.15) is 4.90 Å². The zero-order chi connectivity index (χ0) is 15.5. The molecule has 118 valence electrons. The van der Waals surface area contributed by atoms with Gasteiger partial charge in [0.2, 0.25) is 10.0 Å². The van der Waals surface area contributed by atoms with E-state index in [-0.39, 0.29) is 4.90 Å². The lowest BCUT2D eigenvalue weighted by atomic mass is 10.2. The van der Waals surface area contributed by atoms with Gasteiger partial charge in [0, 0.05) is 31.9 Å². The van der Waals surface area contributed by atoms with Crippen LogP contribution in [-0.2, 0) is 14.8 Å². The third-order valence-electron chi connectivity index (χ3n) is 3.68. The van der Waals surface area contributed by atoms with Gasteiger partial charge in [0.15, 0.2) is 0 Å². The van der Waals surface area contributed by atoms with Crippen LogP contribution in [0.1, 0.15) is 13.8 Å². The van der Waals surface area contributed by atoms with Crippen LogP contribution in [0.4, 0.5) is 11.4 Å². The summed E-state index contributed by atoms with van der Waals surface area (Å²) in [5.74, 6) is 0. The van der Waals surface area contributed by atoms with Crippen LogP contribution < -0.4 is 10.6 Å². The van der Waals surface area contributed by atoms with Crippen LogP contribution in [-0.4, -0.2) is 52.1 Å². The van der Waals surface area contributed by atoms with Crippen LogP contribution in [0.25, 0.3) is 0 Å². The quantitative estimate of drug-likeness (QED) is 0.825. The summed E-state index contributed by atoms with van der Waals surface area (Å²) in [6.07, 6.45) is 0. The average molecular weight is 313 g/mol. The van der Waals surface area contributed by atoms with Gasteiger partial charge < -0.3 is 15.4 Å². The highest BCUT2D eigenvalue weighted by atomic mass is 32.2. The maximum Gasteiger partial charge on any atom is 0.245 e. The Bertz CT molecular complexity index is 579. The fourth-order valence-electron chi connectivity index (χ4n) is 2.49. The number of benzene rings is 1. The Hall–Kier alpha value is -1.31. The zero-order valence-electron chi connectivity index (χ0n) is 12.6. The molecular formula is C14H23N3O3S. The van der Waals surface area contributed by atoms with Crippen molar-refractivity contribution < 1.29 is 13.2 Å². The van der Waals surface area contributed by atoms with Gasteiger partial charge in [0.25, 0.3) is 0 Å². The van der Waals surface area contributed by atoms with E-state index in [1.54, 1.807) is 18.2 Å². The first-order chi connectivity index (χ1) is 10.0. The first-order valence-electron chi connectivity index (χ1n) is 7.23. The molecule has 0 bridgehead atoms. The molecule has 0 aliphatic carbocycles. The Balaban J connectivity index is 2.47. The summed E-state index contributed by atoms with van der Waals surface area (Å²) < 4.78 is 32.5. The molecule has 1 heterocycles. The third-order valence-corrected chi connectivity index (χ3v) is 5.60. The molecule has 1 aliphatic rings. The summed E-state index contributed by atoms with van der Waals surface area (Å²) in [5, 5.41) is 0. The number of hydrogen-bond acceptors (Lipinski definition) is 5. The molecule has 1 saturated heterocycles. The second kappa shape index (κ2) is 6.64. The molecule has 1 aromatic rings. The van der Waals surface area contributed by atoms with E-state index in [4.69, 9.17) is 10.5 Å². The third kappa shape index (κ3) is 3.30. The highest BCUT2D eigenvalue weighted by Gasteiger charge is 2.29. The van der Waals surface area contributed by atoms with Crippen molar-refractivity contribution in [1.29, 1.82) is 0 Å². The maximum atomic E-state index is 12.9. The van der Waals surface area contributed by atoms with Crippen molar-refractivity contribution in [2.24, 2.45) is 0 Å². The number of hydrogen-bond donors (Lipinski definition) is 1. The first kappa shape index (κ1) is 16.1.